The second-order valence-electron chi connectivity index (χ2n) is 5.30. The standard InChI is InChI=1S/C18H17ClN2O/c19-16-4-1-13(2-5-16)7-9-21-18(22)12-14-3-6-17-15(11-14)8-10-20-17/h1-6,8,10-11,20H,7,9,12H2,(H,21,22). The van der Waals surface area contributed by atoms with Crippen LogP contribution in [0.3, 0.4) is 0 Å². The molecule has 0 aliphatic heterocycles. The summed E-state index contributed by atoms with van der Waals surface area (Å²) in [7, 11) is 0. The number of carbonyl (C=O) groups excluding carboxylic acids is 1. The predicted molar refractivity (Wildman–Crippen MR) is 90.2 cm³/mol. The van der Waals surface area contributed by atoms with E-state index in [1.54, 1.807) is 0 Å². The molecule has 2 aromatic carbocycles. The minimum atomic E-state index is 0.0452. The van der Waals surface area contributed by atoms with Gasteiger partial charge in [-0.3, -0.25) is 4.79 Å². The van der Waals surface area contributed by atoms with E-state index in [4.69, 9.17) is 11.6 Å². The van der Waals surface area contributed by atoms with Crippen LogP contribution in [0.15, 0.2) is 54.7 Å². The van der Waals surface area contributed by atoms with Crippen molar-refractivity contribution < 1.29 is 4.79 Å². The summed E-state index contributed by atoms with van der Waals surface area (Å²) in [6, 6.07) is 15.7. The van der Waals surface area contributed by atoms with Crippen LogP contribution in [0.2, 0.25) is 5.02 Å². The van der Waals surface area contributed by atoms with Gasteiger partial charge in [-0.2, -0.15) is 0 Å². The van der Waals surface area contributed by atoms with Gasteiger partial charge in [-0.15, -0.1) is 0 Å². The van der Waals surface area contributed by atoms with Gasteiger partial charge in [-0.25, -0.2) is 0 Å². The Morgan fingerprint density at radius 3 is 2.64 bits per heavy atom. The number of amides is 1. The zero-order valence-corrected chi connectivity index (χ0v) is 12.9. The molecule has 0 unspecified atom stereocenters. The Morgan fingerprint density at radius 2 is 1.82 bits per heavy atom. The molecule has 0 saturated heterocycles. The van der Waals surface area contributed by atoms with Gasteiger partial charge in [0.1, 0.15) is 0 Å². The van der Waals surface area contributed by atoms with Crippen molar-refractivity contribution in [3.05, 3.63) is 70.9 Å². The Hall–Kier alpha value is -2.26. The molecule has 0 fully saturated rings. The number of carbonyl (C=O) groups is 1. The third-order valence-corrected chi connectivity index (χ3v) is 3.88. The van der Waals surface area contributed by atoms with E-state index in [2.05, 4.69) is 10.3 Å². The van der Waals surface area contributed by atoms with Crippen molar-refractivity contribution in [3.8, 4) is 0 Å². The molecule has 1 heterocycles. The summed E-state index contributed by atoms with van der Waals surface area (Å²) in [4.78, 5) is 15.1. The van der Waals surface area contributed by atoms with Crippen molar-refractivity contribution in [2.45, 2.75) is 12.8 Å². The van der Waals surface area contributed by atoms with Gasteiger partial charge < -0.3 is 10.3 Å². The molecular weight excluding hydrogens is 296 g/mol. The molecular formula is C18H17ClN2O. The molecule has 3 aromatic rings. The Balaban J connectivity index is 1.50. The van der Waals surface area contributed by atoms with Crippen molar-refractivity contribution in [2.75, 3.05) is 6.54 Å². The molecule has 0 aliphatic carbocycles. The highest BCUT2D eigenvalue weighted by Gasteiger charge is 2.04. The van der Waals surface area contributed by atoms with E-state index >= 15 is 0 Å². The fourth-order valence-corrected chi connectivity index (χ4v) is 2.58. The van der Waals surface area contributed by atoms with Crippen LogP contribution < -0.4 is 5.32 Å². The summed E-state index contributed by atoms with van der Waals surface area (Å²) in [5.41, 5.74) is 3.28. The first-order chi connectivity index (χ1) is 10.7. The van der Waals surface area contributed by atoms with Crippen molar-refractivity contribution >= 4 is 28.4 Å². The SMILES string of the molecule is O=C(Cc1ccc2[nH]ccc2c1)NCCc1ccc(Cl)cc1. The van der Waals surface area contributed by atoms with Crippen molar-refractivity contribution in [1.82, 2.24) is 10.3 Å². The van der Waals surface area contributed by atoms with Crippen LogP contribution in [0.25, 0.3) is 10.9 Å². The van der Waals surface area contributed by atoms with Crippen molar-refractivity contribution in [3.63, 3.8) is 0 Å². The Kier molecular flexibility index (Phi) is 4.45. The van der Waals surface area contributed by atoms with Crippen LogP contribution in [-0.2, 0) is 17.6 Å². The quantitative estimate of drug-likeness (QED) is 0.741. The fraction of sp³-hybridized carbons (Fsp3) is 0.167. The summed E-state index contributed by atoms with van der Waals surface area (Å²) in [5.74, 6) is 0.0452. The molecule has 4 heteroatoms. The average Bonchev–Trinajstić information content (AvgIpc) is 2.97. The number of hydrogen-bond donors (Lipinski definition) is 2. The van der Waals surface area contributed by atoms with Gasteiger partial charge in [-0.1, -0.05) is 29.8 Å². The number of benzene rings is 2. The topological polar surface area (TPSA) is 44.9 Å². The molecule has 0 bridgehead atoms. The van der Waals surface area contributed by atoms with E-state index in [1.165, 1.54) is 5.56 Å². The molecule has 22 heavy (non-hydrogen) atoms. The minimum absolute atomic E-state index is 0.0452. The second-order valence-corrected chi connectivity index (χ2v) is 5.74. The van der Waals surface area contributed by atoms with Crippen LogP contribution in [-0.4, -0.2) is 17.4 Å². The molecule has 0 saturated carbocycles. The van der Waals surface area contributed by atoms with Crippen LogP contribution in [0, 0.1) is 0 Å². The van der Waals surface area contributed by atoms with Crippen LogP contribution in [0.4, 0.5) is 0 Å². The van der Waals surface area contributed by atoms with Gasteiger partial charge in [0.2, 0.25) is 5.91 Å². The highest BCUT2D eigenvalue weighted by molar-refractivity contribution is 6.30. The van der Waals surface area contributed by atoms with E-state index in [9.17, 15) is 4.79 Å². The molecule has 2 N–H and O–H groups in total. The molecule has 1 aromatic heterocycles. The highest BCUT2D eigenvalue weighted by atomic mass is 35.5. The van der Waals surface area contributed by atoms with Crippen LogP contribution >= 0.6 is 11.6 Å². The van der Waals surface area contributed by atoms with E-state index in [-0.39, 0.29) is 5.91 Å². The number of aromatic amines is 1. The third kappa shape index (κ3) is 3.68. The van der Waals surface area contributed by atoms with Crippen LogP contribution in [0.1, 0.15) is 11.1 Å². The summed E-state index contributed by atoms with van der Waals surface area (Å²) in [5, 5.41) is 4.82. The number of aromatic nitrogens is 1. The zero-order chi connectivity index (χ0) is 15.4. The predicted octanol–water partition coefficient (Wildman–Crippen LogP) is 3.72. The molecule has 0 atom stereocenters. The number of nitrogens with one attached hydrogen (secondary N) is 2. The first-order valence-corrected chi connectivity index (χ1v) is 7.66. The Bertz CT molecular complexity index is 777. The maximum absolute atomic E-state index is 12.0. The average molecular weight is 313 g/mol. The van der Waals surface area contributed by atoms with E-state index < -0.39 is 0 Å². The van der Waals surface area contributed by atoms with Gasteiger partial charge in [0, 0.05) is 23.3 Å². The molecule has 1 amide bonds. The van der Waals surface area contributed by atoms with Crippen molar-refractivity contribution in [2.24, 2.45) is 0 Å². The molecule has 3 nitrogen and oxygen atoms in total. The van der Waals surface area contributed by atoms with Gasteiger partial charge in [0.25, 0.3) is 0 Å². The van der Waals surface area contributed by atoms with E-state index in [1.807, 2.05) is 54.7 Å². The molecule has 0 spiro atoms. The first-order valence-electron chi connectivity index (χ1n) is 7.28. The lowest BCUT2D eigenvalue weighted by Crippen LogP contribution is -2.27. The lowest BCUT2D eigenvalue weighted by molar-refractivity contribution is -0.120. The Morgan fingerprint density at radius 1 is 1.05 bits per heavy atom. The fourth-order valence-electron chi connectivity index (χ4n) is 2.46. The molecule has 3 rings (SSSR count). The second kappa shape index (κ2) is 6.67. The largest absolute Gasteiger partial charge is 0.361 e. The zero-order valence-electron chi connectivity index (χ0n) is 12.1. The first kappa shape index (κ1) is 14.7. The van der Waals surface area contributed by atoms with Gasteiger partial charge >= 0.3 is 0 Å². The number of halogens is 1. The summed E-state index contributed by atoms with van der Waals surface area (Å²) in [6.45, 7) is 0.632. The third-order valence-electron chi connectivity index (χ3n) is 3.63. The van der Waals surface area contributed by atoms with Gasteiger partial charge in [0.05, 0.1) is 6.42 Å². The minimum Gasteiger partial charge on any atom is -0.361 e. The van der Waals surface area contributed by atoms with E-state index in [0.717, 1.165) is 27.9 Å². The lowest BCUT2D eigenvalue weighted by atomic mass is 10.1. The van der Waals surface area contributed by atoms with Gasteiger partial charge in [0.15, 0.2) is 0 Å². The number of rotatable bonds is 5. The number of H-pyrrole nitrogens is 1. The lowest BCUT2D eigenvalue weighted by Gasteiger charge is -2.06. The number of hydrogen-bond acceptors (Lipinski definition) is 1. The Labute approximate surface area is 134 Å². The van der Waals surface area contributed by atoms with Crippen LogP contribution in [0.5, 0.6) is 0 Å². The normalized spacial score (nSPS) is 10.8. The highest BCUT2D eigenvalue weighted by Crippen LogP contribution is 2.14. The van der Waals surface area contributed by atoms with Gasteiger partial charge in [-0.05, 0) is 53.3 Å². The summed E-state index contributed by atoms with van der Waals surface area (Å²) in [6.07, 6.45) is 3.11. The monoisotopic (exact) mass is 312 g/mol. The molecule has 0 aliphatic rings. The summed E-state index contributed by atoms with van der Waals surface area (Å²) >= 11 is 5.85. The van der Waals surface area contributed by atoms with Crippen molar-refractivity contribution in [1.29, 1.82) is 0 Å². The molecule has 0 radical (unpaired) electrons. The maximum atomic E-state index is 12.0. The molecule has 112 valence electrons. The summed E-state index contributed by atoms with van der Waals surface area (Å²) < 4.78 is 0. The smallest absolute Gasteiger partial charge is 0.224 e. The number of fused-ring (bicyclic) bond motifs is 1. The maximum Gasteiger partial charge on any atom is 0.224 e. The van der Waals surface area contributed by atoms with E-state index in [0.29, 0.717) is 13.0 Å².